The number of hydrogen-bond donors (Lipinski definition) is 1. The van der Waals surface area contributed by atoms with Gasteiger partial charge in [-0.05, 0) is 24.3 Å². The van der Waals surface area contributed by atoms with Crippen molar-refractivity contribution in [1.29, 1.82) is 0 Å². The lowest BCUT2D eigenvalue weighted by molar-refractivity contribution is 0.102. The number of carbonyl (C=O) groups is 1. The molecule has 0 saturated carbocycles. The number of nitrogens with one attached hydrogen (secondary N) is 1. The zero-order chi connectivity index (χ0) is 10.7. The molecule has 0 fully saturated rings. The summed E-state index contributed by atoms with van der Waals surface area (Å²) in [4.78, 5) is 11.6. The van der Waals surface area contributed by atoms with Crippen molar-refractivity contribution >= 4 is 23.2 Å². The minimum Gasteiger partial charge on any atom is -0.363 e. The number of aromatic nitrogens is 1. The molecular weight excluding hydrogens is 216 g/mol. The van der Waals surface area contributed by atoms with Crippen LogP contribution in [0.5, 0.6) is 0 Å². The van der Waals surface area contributed by atoms with Gasteiger partial charge < -0.3 is 9.84 Å². The molecule has 2 aromatic rings. The van der Waals surface area contributed by atoms with E-state index in [2.05, 4.69) is 15.0 Å². The molecule has 4 nitrogen and oxygen atoms in total. The topological polar surface area (TPSA) is 55.1 Å². The maximum Gasteiger partial charge on any atom is 0.255 e. The van der Waals surface area contributed by atoms with E-state index in [-0.39, 0.29) is 5.91 Å². The molecule has 0 aliphatic rings. The zero-order valence-corrected chi connectivity index (χ0v) is 8.36. The van der Waals surface area contributed by atoms with Crippen molar-refractivity contribution in [2.75, 3.05) is 5.32 Å². The van der Waals surface area contributed by atoms with Gasteiger partial charge in [0.2, 0.25) is 0 Å². The Hall–Kier alpha value is -1.81. The second-order valence-corrected chi connectivity index (χ2v) is 3.31. The van der Waals surface area contributed by atoms with E-state index in [0.717, 1.165) is 0 Å². The average Bonchev–Trinajstić information content (AvgIpc) is 2.71. The second kappa shape index (κ2) is 4.14. The van der Waals surface area contributed by atoms with E-state index >= 15 is 0 Å². The van der Waals surface area contributed by atoms with Crippen molar-refractivity contribution in [3.05, 3.63) is 47.3 Å². The van der Waals surface area contributed by atoms with Gasteiger partial charge in [0.1, 0.15) is 12.0 Å². The molecule has 1 N–H and O–H groups in total. The highest BCUT2D eigenvalue weighted by Gasteiger charge is 2.06. The van der Waals surface area contributed by atoms with Gasteiger partial charge in [-0.3, -0.25) is 4.79 Å². The Bertz CT molecular complexity index is 451. The molecule has 1 aromatic carbocycles. The maximum atomic E-state index is 11.6. The van der Waals surface area contributed by atoms with Crippen LogP contribution in [0, 0.1) is 0 Å². The van der Waals surface area contributed by atoms with E-state index in [9.17, 15) is 4.79 Å². The number of nitrogens with zero attached hydrogens (tertiary/aromatic N) is 1. The van der Waals surface area contributed by atoms with Crippen LogP contribution >= 0.6 is 11.6 Å². The summed E-state index contributed by atoms with van der Waals surface area (Å²) >= 11 is 5.70. The summed E-state index contributed by atoms with van der Waals surface area (Å²) in [6.07, 6.45) is 2.78. The van der Waals surface area contributed by atoms with E-state index in [1.807, 2.05) is 0 Å². The van der Waals surface area contributed by atoms with Crippen LogP contribution in [0.4, 0.5) is 5.69 Å². The van der Waals surface area contributed by atoms with Gasteiger partial charge in [0, 0.05) is 10.6 Å². The first-order valence-electron chi connectivity index (χ1n) is 4.22. The van der Waals surface area contributed by atoms with Gasteiger partial charge in [0.25, 0.3) is 5.91 Å². The van der Waals surface area contributed by atoms with Crippen molar-refractivity contribution in [3.63, 3.8) is 0 Å². The van der Waals surface area contributed by atoms with E-state index in [4.69, 9.17) is 11.6 Å². The first-order valence-corrected chi connectivity index (χ1v) is 4.60. The first kappa shape index (κ1) is 9.73. The second-order valence-electron chi connectivity index (χ2n) is 2.87. The van der Waals surface area contributed by atoms with Crippen LogP contribution in [0.1, 0.15) is 10.4 Å². The monoisotopic (exact) mass is 222 g/mol. The van der Waals surface area contributed by atoms with Crippen molar-refractivity contribution in [2.24, 2.45) is 0 Å². The number of carbonyl (C=O) groups excluding carboxylic acids is 1. The summed E-state index contributed by atoms with van der Waals surface area (Å²) in [7, 11) is 0. The lowest BCUT2D eigenvalue weighted by Gasteiger charge is -2.01. The predicted molar refractivity (Wildman–Crippen MR) is 55.9 cm³/mol. The average molecular weight is 223 g/mol. The summed E-state index contributed by atoms with van der Waals surface area (Å²) in [5.41, 5.74) is 1.05. The van der Waals surface area contributed by atoms with Gasteiger partial charge in [-0.15, -0.1) is 0 Å². The molecule has 0 radical (unpaired) electrons. The molecule has 1 aromatic heterocycles. The molecule has 0 aliphatic carbocycles. The van der Waals surface area contributed by atoms with E-state index in [1.165, 1.54) is 12.5 Å². The highest BCUT2D eigenvalue weighted by Crippen LogP contribution is 2.11. The van der Waals surface area contributed by atoms with E-state index in [0.29, 0.717) is 16.3 Å². The Balaban J connectivity index is 2.11. The molecule has 15 heavy (non-hydrogen) atoms. The molecule has 0 saturated heterocycles. The van der Waals surface area contributed by atoms with Crippen LogP contribution in [0.3, 0.4) is 0 Å². The third kappa shape index (κ3) is 2.35. The zero-order valence-electron chi connectivity index (χ0n) is 7.61. The van der Waals surface area contributed by atoms with Gasteiger partial charge in [0.05, 0.1) is 6.20 Å². The van der Waals surface area contributed by atoms with Crippen LogP contribution in [0.25, 0.3) is 0 Å². The Labute approximate surface area is 90.8 Å². The summed E-state index contributed by atoms with van der Waals surface area (Å²) < 4.78 is 4.58. The molecule has 5 heteroatoms. The smallest absolute Gasteiger partial charge is 0.255 e. The van der Waals surface area contributed by atoms with Gasteiger partial charge in [-0.2, -0.15) is 0 Å². The van der Waals surface area contributed by atoms with Gasteiger partial charge in [-0.1, -0.05) is 16.8 Å². The lowest BCUT2D eigenvalue weighted by Crippen LogP contribution is -2.10. The molecule has 0 bridgehead atoms. The van der Waals surface area contributed by atoms with Crippen LogP contribution in [-0.2, 0) is 0 Å². The molecule has 1 amide bonds. The lowest BCUT2D eigenvalue weighted by atomic mass is 10.2. The summed E-state index contributed by atoms with van der Waals surface area (Å²) in [6, 6.07) is 6.60. The predicted octanol–water partition coefficient (Wildman–Crippen LogP) is 2.58. The third-order valence-electron chi connectivity index (χ3n) is 1.80. The highest BCUT2D eigenvalue weighted by atomic mass is 35.5. The molecule has 0 unspecified atom stereocenters. The largest absolute Gasteiger partial charge is 0.363 e. The van der Waals surface area contributed by atoms with Crippen LogP contribution in [0.15, 0.2) is 41.2 Å². The molecule has 1 heterocycles. The standard InChI is InChI=1S/C10H7ClN2O2/c11-8-3-1-7(2-4-8)10(14)13-9-5-12-15-6-9/h1-6H,(H,13,14). The maximum absolute atomic E-state index is 11.6. The van der Waals surface area contributed by atoms with Gasteiger partial charge >= 0.3 is 0 Å². The fourth-order valence-corrected chi connectivity index (χ4v) is 1.20. The highest BCUT2D eigenvalue weighted by molar-refractivity contribution is 6.30. The molecule has 2 rings (SSSR count). The minimum absolute atomic E-state index is 0.227. The number of anilines is 1. The fourth-order valence-electron chi connectivity index (χ4n) is 1.07. The summed E-state index contributed by atoms with van der Waals surface area (Å²) in [5, 5.41) is 6.69. The number of hydrogen-bond acceptors (Lipinski definition) is 3. The molecule has 0 spiro atoms. The van der Waals surface area contributed by atoms with Crippen LogP contribution < -0.4 is 5.32 Å². The third-order valence-corrected chi connectivity index (χ3v) is 2.05. The van der Waals surface area contributed by atoms with E-state index < -0.39 is 0 Å². The number of benzene rings is 1. The van der Waals surface area contributed by atoms with Crippen molar-refractivity contribution in [2.45, 2.75) is 0 Å². The Morgan fingerprint density at radius 3 is 2.67 bits per heavy atom. The van der Waals surface area contributed by atoms with Crippen LogP contribution in [0.2, 0.25) is 5.02 Å². The molecule has 0 aliphatic heterocycles. The minimum atomic E-state index is -0.227. The summed E-state index contributed by atoms with van der Waals surface area (Å²) in [6.45, 7) is 0. The molecule has 76 valence electrons. The Morgan fingerprint density at radius 1 is 1.33 bits per heavy atom. The number of rotatable bonds is 2. The van der Waals surface area contributed by atoms with E-state index in [1.54, 1.807) is 24.3 Å². The van der Waals surface area contributed by atoms with Crippen molar-refractivity contribution in [3.8, 4) is 0 Å². The SMILES string of the molecule is O=C(Nc1cnoc1)c1ccc(Cl)cc1. The first-order chi connectivity index (χ1) is 7.25. The van der Waals surface area contributed by atoms with Gasteiger partial charge in [0.15, 0.2) is 0 Å². The quantitative estimate of drug-likeness (QED) is 0.850. The van der Waals surface area contributed by atoms with Crippen LogP contribution in [-0.4, -0.2) is 11.1 Å². The van der Waals surface area contributed by atoms with Gasteiger partial charge in [-0.25, -0.2) is 0 Å². The van der Waals surface area contributed by atoms with Crippen molar-refractivity contribution < 1.29 is 9.32 Å². The fraction of sp³-hybridized carbons (Fsp3) is 0. The summed E-state index contributed by atoms with van der Waals surface area (Å²) in [5.74, 6) is -0.227. The van der Waals surface area contributed by atoms with Crippen molar-refractivity contribution in [1.82, 2.24) is 5.16 Å². The molecule has 0 atom stereocenters. The Kier molecular flexibility index (Phi) is 2.69. The molecular formula is C10H7ClN2O2. The Morgan fingerprint density at radius 2 is 2.07 bits per heavy atom. The number of halogens is 1. The normalized spacial score (nSPS) is 9.93. The number of amides is 1.